The highest BCUT2D eigenvalue weighted by molar-refractivity contribution is 5.68. The first-order valence-corrected chi connectivity index (χ1v) is 7.98. The molecule has 4 nitrogen and oxygen atoms in total. The van der Waals surface area contributed by atoms with Gasteiger partial charge in [0.15, 0.2) is 0 Å². The van der Waals surface area contributed by atoms with Crippen LogP contribution in [0.15, 0.2) is 18.2 Å². The Morgan fingerprint density at radius 2 is 2.00 bits per heavy atom. The van der Waals surface area contributed by atoms with Crippen molar-refractivity contribution in [3.05, 3.63) is 34.9 Å². The molecule has 2 rings (SSSR count). The number of nitrogens with two attached hydrogens (primary N) is 1. The summed E-state index contributed by atoms with van der Waals surface area (Å²) in [6, 6.07) is 6.45. The molecule has 1 saturated heterocycles. The minimum atomic E-state index is -0.467. The Labute approximate surface area is 133 Å². The average molecular weight is 304 g/mol. The van der Waals surface area contributed by atoms with Gasteiger partial charge in [0.2, 0.25) is 0 Å². The van der Waals surface area contributed by atoms with E-state index in [0.29, 0.717) is 19.0 Å². The largest absolute Gasteiger partial charge is 0.444 e. The summed E-state index contributed by atoms with van der Waals surface area (Å²) in [4.78, 5) is 13.9. The lowest BCUT2D eigenvalue weighted by molar-refractivity contribution is 0.0186. The maximum absolute atomic E-state index is 12.2. The Hall–Kier alpha value is -1.55. The molecule has 0 radical (unpaired) electrons. The summed E-state index contributed by atoms with van der Waals surface area (Å²) in [5.74, 6) is 0.304. The fourth-order valence-corrected chi connectivity index (χ4v) is 3.02. The predicted octanol–water partition coefficient (Wildman–Crippen LogP) is 3.36. The standard InChI is InChI=1S/C18H28N2O2/c1-12-6-7-13(2)15(10-12)14-8-9-20(11-16(14)19)17(21)22-18(3,4)5/h6-7,10,14,16H,8-9,11,19H2,1-5H3/t14-,16+/m1/s1. The Morgan fingerprint density at radius 3 is 2.59 bits per heavy atom. The molecule has 0 bridgehead atoms. The number of hydrogen-bond acceptors (Lipinski definition) is 3. The van der Waals surface area contributed by atoms with Crippen molar-refractivity contribution in [1.82, 2.24) is 4.90 Å². The fraction of sp³-hybridized carbons (Fsp3) is 0.611. The van der Waals surface area contributed by atoms with E-state index in [2.05, 4.69) is 32.0 Å². The molecule has 22 heavy (non-hydrogen) atoms. The van der Waals surface area contributed by atoms with E-state index < -0.39 is 5.60 Å². The van der Waals surface area contributed by atoms with Crippen LogP contribution < -0.4 is 5.73 Å². The van der Waals surface area contributed by atoms with Crippen molar-refractivity contribution < 1.29 is 9.53 Å². The first-order valence-electron chi connectivity index (χ1n) is 7.98. The van der Waals surface area contributed by atoms with Gasteiger partial charge in [0.25, 0.3) is 0 Å². The van der Waals surface area contributed by atoms with E-state index in [1.54, 1.807) is 4.90 Å². The fourth-order valence-electron chi connectivity index (χ4n) is 3.02. The van der Waals surface area contributed by atoms with Crippen molar-refractivity contribution in [2.75, 3.05) is 13.1 Å². The van der Waals surface area contributed by atoms with Gasteiger partial charge in [-0.15, -0.1) is 0 Å². The maximum atomic E-state index is 12.2. The van der Waals surface area contributed by atoms with Crippen LogP contribution in [0.2, 0.25) is 0 Å². The average Bonchev–Trinajstić information content (AvgIpc) is 2.40. The summed E-state index contributed by atoms with van der Waals surface area (Å²) in [5.41, 5.74) is 9.75. The number of likely N-dealkylation sites (tertiary alicyclic amines) is 1. The lowest BCUT2D eigenvalue weighted by Gasteiger charge is -2.38. The van der Waals surface area contributed by atoms with Gasteiger partial charge in [0.05, 0.1) is 0 Å². The molecule has 1 amide bonds. The van der Waals surface area contributed by atoms with Gasteiger partial charge >= 0.3 is 6.09 Å². The number of carbonyl (C=O) groups is 1. The molecule has 2 atom stereocenters. The third-order valence-electron chi connectivity index (χ3n) is 4.14. The molecule has 1 aliphatic heterocycles. The van der Waals surface area contributed by atoms with Crippen LogP contribution in [0.1, 0.15) is 49.8 Å². The van der Waals surface area contributed by atoms with Gasteiger partial charge in [-0.2, -0.15) is 0 Å². The number of carbonyl (C=O) groups excluding carboxylic acids is 1. The molecule has 2 N–H and O–H groups in total. The summed E-state index contributed by atoms with van der Waals surface area (Å²) in [5, 5.41) is 0. The van der Waals surface area contributed by atoms with Gasteiger partial charge in [-0.1, -0.05) is 23.8 Å². The number of rotatable bonds is 1. The van der Waals surface area contributed by atoms with Crippen LogP contribution in [0.4, 0.5) is 4.79 Å². The van der Waals surface area contributed by atoms with Crippen molar-refractivity contribution in [2.24, 2.45) is 5.73 Å². The molecule has 0 saturated carbocycles. The molecular weight excluding hydrogens is 276 g/mol. The monoisotopic (exact) mass is 304 g/mol. The molecular formula is C18H28N2O2. The molecule has 0 aliphatic carbocycles. The molecule has 0 unspecified atom stereocenters. The number of benzene rings is 1. The zero-order valence-corrected chi connectivity index (χ0v) is 14.3. The van der Waals surface area contributed by atoms with Gasteiger partial charge in [-0.05, 0) is 52.2 Å². The van der Waals surface area contributed by atoms with Crippen LogP contribution in [0, 0.1) is 13.8 Å². The van der Waals surface area contributed by atoms with Crippen molar-refractivity contribution >= 4 is 6.09 Å². The smallest absolute Gasteiger partial charge is 0.410 e. The van der Waals surface area contributed by atoms with E-state index >= 15 is 0 Å². The van der Waals surface area contributed by atoms with Crippen LogP contribution in [0.3, 0.4) is 0 Å². The lowest BCUT2D eigenvalue weighted by atomic mass is 9.83. The third kappa shape index (κ3) is 4.01. The Bertz CT molecular complexity index is 549. The molecule has 4 heteroatoms. The Morgan fingerprint density at radius 1 is 1.32 bits per heavy atom. The second-order valence-electron chi connectivity index (χ2n) is 7.35. The molecule has 1 fully saturated rings. The van der Waals surface area contributed by atoms with E-state index in [1.807, 2.05) is 20.8 Å². The van der Waals surface area contributed by atoms with Crippen LogP contribution >= 0.6 is 0 Å². The quantitative estimate of drug-likeness (QED) is 0.865. The van der Waals surface area contributed by atoms with Crippen molar-refractivity contribution in [1.29, 1.82) is 0 Å². The van der Waals surface area contributed by atoms with E-state index in [4.69, 9.17) is 10.5 Å². The molecule has 0 aromatic heterocycles. The molecule has 0 spiro atoms. The number of ether oxygens (including phenoxy) is 1. The van der Waals surface area contributed by atoms with Gasteiger partial charge in [-0.3, -0.25) is 0 Å². The maximum Gasteiger partial charge on any atom is 0.410 e. The second-order valence-corrected chi connectivity index (χ2v) is 7.35. The first kappa shape index (κ1) is 16.8. The zero-order valence-electron chi connectivity index (χ0n) is 14.3. The van der Waals surface area contributed by atoms with E-state index in [9.17, 15) is 4.79 Å². The first-order chi connectivity index (χ1) is 10.2. The number of amides is 1. The highest BCUT2D eigenvalue weighted by Crippen LogP contribution is 2.30. The number of nitrogens with zero attached hydrogens (tertiary/aromatic N) is 1. The second kappa shape index (κ2) is 6.29. The van der Waals surface area contributed by atoms with Crippen molar-refractivity contribution in [3.63, 3.8) is 0 Å². The van der Waals surface area contributed by atoms with Crippen LogP contribution in [0.5, 0.6) is 0 Å². The summed E-state index contributed by atoms with van der Waals surface area (Å²) in [6.07, 6.45) is 0.618. The third-order valence-corrected chi connectivity index (χ3v) is 4.14. The molecule has 1 heterocycles. The SMILES string of the molecule is Cc1ccc(C)c([C@H]2CCN(C(=O)OC(C)(C)C)C[C@@H]2N)c1. The van der Waals surface area contributed by atoms with E-state index in [-0.39, 0.29) is 12.1 Å². The number of piperidine rings is 1. The lowest BCUT2D eigenvalue weighted by Crippen LogP contribution is -2.50. The minimum Gasteiger partial charge on any atom is -0.444 e. The predicted molar refractivity (Wildman–Crippen MR) is 89.1 cm³/mol. The van der Waals surface area contributed by atoms with E-state index in [0.717, 1.165) is 6.42 Å². The zero-order chi connectivity index (χ0) is 16.5. The highest BCUT2D eigenvalue weighted by atomic mass is 16.6. The normalized spacial score (nSPS) is 22.5. The van der Waals surface area contributed by atoms with Crippen molar-refractivity contribution in [3.8, 4) is 0 Å². The van der Waals surface area contributed by atoms with Crippen molar-refractivity contribution in [2.45, 2.75) is 58.6 Å². The van der Waals surface area contributed by atoms with Crippen LogP contribution in [0.25, 0.3) is 0 Å². The van der Waals surface area contributed by atoms with Crippen LogP contribution in [-0.4, -0.2) is 35.7 Å². The number of aryl methyl sites for hydroxylation is 2. The molecule has 122 valence electrons. The van der Waals surface area contributed by atoms with E-state index in [1.165, 1.54) is 16.7 Å². The topological polar surface area (TPSA) is 55.6 Å². The molecule has 1 aliphatic rings. The molecule has 1 aromatic carbocycles. The van der Waals surface area contributed by atoms with Gasteiger partial charge in [-0.25, -0.2) is 4.79 Å². The van der Waals surface area contributed by atoms with Gasteiger partial charge < -0.3 is 15.4 Å². The number of hydrogen-bond donors (Lipinski definition) is 1. The summed E-state index contributed by atoms with van der Waals surface area (Å²) >= 11 is 0. The van der Waals surface area contributed by atoms with Gasteiger partial charge in [0, 0.05) is 25.0 Å². The Kier molecular flexibility index (Phi) is 4.81. The van der Waals surface area contributed by atoms with Crippen LogP contribution in [-0.2, 0) is 4.74 Å². The Balaban J connectivity index is 2.07. The highest BCUT2D eigenvalue weighted by Gasteiger charge is 2.32. The van der Waals surface area contributed by atoms with Gasteiger partial charge in [0.1, 0.15) is 5.60 Å². The summed E-state index contributed by atoms with van der Waals surface area (Å²) < 4.78 is 5.44. The molecule has 1 aromatic rings. The summed E-state index contributed by atoms with van der Waals surface area (Å²) in [6.45, 7) is 11.1. The minimum absolute atomic E-state index is 0.0539. The summed E-state index contributed by atoms with van der Waals surface area (Å²) in [7, 11) is 0.